The van der Waals surface area contributed by atoms with E-state index in [0.717, 1.165) is 0 Å². The molecule has 106 valence electrons. The number of halogens is 1. The number of hydrogen-bond acceptors (Lipinski definition) is 5. The first-order chi connectivity index (χ1) is 9.56. The second kappa shape index (κ2) is 4.96. The topological polar surface area (TPSA) is 75.8 Å². The van der Waals surface area contributed by atoms with Crippen LogP contribution in [0.4, 0.5) is 6.01 Å². The Morgan fingerprint density at radius 1 is 1.55 bits per heavy atom. The molecule has 0 radical (unpaired) electrons. The Morgan fingerprint density at radius 2 is 2.35 bits per heavy atom. The van der Waals surface area contributed by atoms with Gasteiger partial charge in [0.1, 0.15) is 5.52 Å². The van der Waals surface area contributed by atoms with Crippen LogP contribution in [0.3, 0.4) is 0 Å². The Kier molecular flexibility index (Phi) is 3.27. The summed E-state index contributed by atoms with van der Waals surface area (Å²) in [4.78, 5) is 17.5. The highest BCUT2D eigenvalue weighted by Gasteiger charge is 2.25. The summed E-state index contributed by atoms with van der Waals surface area (Å²) in [7, 11) is 0. The summed E-state index contributed by atoms with van der Waals surface area (Å²) in [5, 5.41) is 9.52. The lowest BCUT2D eigenvalue weighted by molar-refractivity contribution is 0.0699. The van der Waals surface area contributed by atoms with Crippen molar-refractivity contribution in [2.24, 2.45) is 0 Å². The number of morpholine rings is 1. The average molecular weight is 297 g/mol. The molecule has 1 fully saturated rings. The van der Waals surface area contributed by atoms with Crippen molar-refractivity contribution in [1.29, 1.82) is 0 Å². The molecule has 0 saturated carbocycles. The molecule has 1 aliphatic heterocycles. The minimum Gasteiger partial charge on any atom is -0.478 e. The number of carboxylic acid groups (broad SMARTS) is 1. The summed E-state index contributed by atoms with van der Waals surface area (Å²) in [5.74, 6) is -1.08. The number of carbonyl (C=O) groups is 1. The standard InChI is InChI=1S/C13H13ClN2O4/c1-7-6-19-3-2-16(7)13-15-11-9(12(17)18)4-8(14)5-10(11)20-13/h4-5,7H,2-3,6H2,1H3,(H,17,18). The molecular formula is C13H13ClN2O4. The zero-order chi connectivity index (χ0) is 14.3. The number of benzene rings is 1. The second-order valence-electron chi connectivity index (χ2n) is 4.72. The fourth-order valence-electron chi connectivity index (χ4n) is 2.28. The Bertz CT molecular complexity index is 670. The van der Waals surface area contributed by atoms with Crippen molar-refractivity contribution in [1.82, 2.24) is 4.98 Å². The molecule has 1 unspecified atom stereocenters. The molecular weight excluding hydrogens is 284 g/mol. The Balaban J connectivity index is 2.10. The number of carboxylic acids is 1. The number of rotatable bonds is 2. The molecule has 1 aromatic heterocycles. The molecule has 7 heteroatoms. The van der Waals surface area contributed by atoms with E-state index in [9.17, 15) is 9.90 Å². The van der Waals surface area contributed by atoms with Crippen molar-refractivity contribution in [2.45, 2.75) is 13.0 Å². The van der Waals surface area contributed by atoms with Crippen LogP contribution in [0.1, 0.15) is 17.3 Å². The Labute approximate surface area is 119 Å². The van der Waals surface area contributed by atoms with Crippen LogP contribution in [0.5, 0.6) is 0 Å². The number of oxazole rings is 1. The maximum atomic E-state index is 11.2. The molecule has 2 aromatic rings. The van der Waals surface area contributed by atoms with E-state index < -0.39 is 5.97 Å². The van der Waals surface area contributed by atoms with Crippen LogP contribution in [-0.2, 0) is 4.74 Å². The molecule has 0 spiro atoms. The lowest BCUT2D eigenvalue weighted by atomic mass is 10.2. The quantitative estimate of drug-likeness (QED) is 0.917. The summed E-state index contributed by atoms with van der Waals surface area (Å²) in [6.45, 7) is 3.84. The van der Waals surface area contributed by atoms with E-state index in [4.69, 9.17) is 20.8 Å². The van der Waals surface area contributed by atoms with Crippen LogP contribution in [0.15, 0.2) is 16.5 Å². The minimum atomic E-state index is -1.08. The summed E-state index contributed by atoms with van der Waals surface area (Å²) in [6.07, 6.45) is 0. The van der Waals surface area contributed by atoms with Crippen molar-refractivity contribution in [3.63, 3.8) is 0 Å². The summed E-state index contributed by atoms with van der Waals surface area (Å²) < 4.78 is 11.0. The third-order valence-electron chi connectivity index (χ3n) is 3.29. The molecule has 0 aliphatic carbocycles. The minimum absolute atomic E-state index is 0.0448. The molecule has 20 heavy (non-hydrogen) atoms. The van der Waals surface area contributed by atoms with Crippen LogP contribution in [0.25, 0.3) is 11.1 Å². The molecule has 6 nitrogen and oxygen atoms in total. The van der Waals surface area contributed by atoms with E-state index >= 15 is 0 Å². The van der Waals surface area contributed by atoms with Gasteiger partial charge in [0.25, 0.3) is 6.01 Å². The maximum absolute atomic E-state index is 11.2. The van der Waals surface area contributed by atoms with E-state index in [0.29, 0.717) is 41.9 Å². The lowest BCUT2D eigenvalue weighted by Gasteiger charge is -2.31. The van der Waals surface area contributed by atoms with Gasteiger partial charge in [-0.05, 0) is 13.0 Å². The first-order valence-corrected chi connectivity index (χ1v) is 6.62. The third-order valence-corrected chi connectivity index (χ3v) is 3.51. The molecule has 1 N–H and O–H groups in total. The zero-order valence-corrected chi connectivity index (χ0v) is 11.6. The summed E-state index contributed by atoms with van der Waals surface area (Å²) in [6, 6.07) is 3.48. The van der Waals surface area contributed by atoms with Gasteiger partial charge >= 0.3 is 5.97 Å². The van der Waals surface area contributed by atoms with Gasteiger partial charge < -0.3 is 19.2 Å². The molecule has 1 aliphatic rings. The van der Waals surface area contributed by atoms with Gasteiger partial charge in [-0.1, -0.05) is 11.6 Å². The van der Waals surface area contributed by atoms with Crippen molar-refractivity contribution < 1.29 is 19.1 Å². The van der Waals surface area contributed by atoms with E-state index in [1.54, 1.807) is 6.07 Å². The lowest BCUT2D eigenvalue weighted by Crippen LogP contribution is -2.43. The summed E-state index contributed by atoms with van der Waals surface area (Å²) >= 11 is 5.91. The van der Waals surface area contributed by atoms with Gasteiger partial charge in [0.15, 0.2) is 5.58 Å². The predicted octanol–water partition coefficient (Wildman–Crippen LogP) is 2.40. The molecule has 0 bridgehead atoms. The molecule has 1 aromatic carbocycles. The van der Waals surface area contributed by atoms with Crippen molar-refractivity contribution in [3.05, 3.63) is 22.7 Å². The van der Waals surface area contributed by atoms with E-state index in [1.165, 1.54) is 6.07 Å². The monoisotopic (exact) mass is 296 g/mol. The maximum Gasteiger partial charge on any atom is 0.338 e. The molecule has 0 amide bonds. The third kappa shape index (κ3) is 2.21. The number of ether oxygens (including phenoxy) is 1. The van der Waals surface area contributed by atoms with Gasteiger partial charge in [-0.25, -0.2) is 4.79 Å². The fourth-order valence-corrected chi connectivity index (χ4v) is 2.49. The molecule has 1 saturated heterocycles. The predicted molar refractivity (Wildman–Crippen MR) is 73.6 cm³/mol. The highest BCUT2D eigenvalue weighted by atomic mass is 35.5. The van der Waals surface area contributed by atoms with Gasteiger partial charge in [0.2, 0.25) is 0 Å². The Hall–Kier alpha value is -1.79. The van der Waals surface area contributed by atoms with Crippen LogP contribution in [0.2, 0.25) is 5.02 Å². The van der Waals surface area contributed by atoms with Gasteiger partial charge in [-0.15, -0.1) is 0 Å². The van der Waals surface area contributed by atoms with Crippen LogP contribution in [0, 0.1) is 0 Å². The van der Waals surface area contributed by atoms with Crippen LogP contribution < -0.4 is 4.90 Å². The largest absolute Gasteiger partial charge is 0.478 e. The van der Waals surface area contributed by atoms with Crippen molar-refractivity contribution in [2.75, 3.05) is 24.7 Å². The first-order valence-electron chi connectivity index (χ1n) is 6.24. The molecule has 1 atom stereocenters. The van der Waals surface area contributed by atoms with Gasteiger partial charge in [0, 0.05) is 17.6 Å². The van der Waals surface area contributed by atoms with Crippen LogP contribution in [-0.4, -0.2) is 41.9 Å². The van der Waals surface area contributed by atoms with Crippen molar-refractivity contribution in [3.8, 4) is 0 Å². The summed E-state index contributed by atoms with van der Waals surface area (Å²) in [5.41, 5.74) is 0.739. The normalized spacial score (nSPS) is 19.5. The SMILES string of the molecule is CC1COCCN1c1nc2c(C(=O)O)cc(Cl)cc2o1. The molecule has 3 rings (SSSR count). The Morgan fingerprint density at radius 3 is 3.05 bits per heavy atom. The first kappa shape index (κ1) is 13.2. The van der Waals surface area contributed by atoms with Gasteiger partial charge in [0.05, 0.1) is 24.8 Å². The highest BCUT2D eigenvalue weighted by molar-refractivity contribution is 6.31. The van der Waals surface area contributed by atoms with Crippen LogP contribution >= 0.6 is 11.6 Å². The van der Waals surface area contributed by atoms with Gasteiger partial charge in [-0.3, -0.25) is 0 Å². The van der Waals surface area contributed by atoms with Gasteiger partial charge in [-0.2, -0.15) is 4.98 Å². The van der Waals surface area contributed by atoms with E-state index in [-0.39, 0.29) is 11.6 Å². The number of nitrogens with zero attached hydrogens (tertiary/aromatic N) is 2. The average Bonchev–Trinajstić information content (AvgIpc) is 2.81. The number of aromatic carboxylic acids is 1. The zero-order valence-electron chi connectivity index (χ0n) is 10.8. The van der Waals surface area contributed by atoms with Crippen molar-refractivity contribution >= 4 is 34.7 Å². The second-order valence-corrected chi connectivity index (χ2v) is 5.16. The van der Waals surface area contributed by atoms with E-state index in [2.05, 4.69) is 4.98 Å². The number of aromatic nitrogens is 1. The number of anilines is 1. The highest BCUT2D eigenvalue weighted by Crippen LogP contribution is 2.29. The smallest absolute Gasteiger partial charge is 0.338 e. The number of fused-ring (bicyclic) bond motifs is 1. The number of hydrogen-bond donors (Lipinski definition) is 1. The fraction of sp³-hybridized carbons (Fsp3) is 0.385. The molecule has 2 heterocycles. The van der Waals surface area contributed by atoms with E-state index in [1.807, 2.05) is 11.8 Å².